The predicted molar refractivity (Wildman–Crippen MR) is 113 cm³/mol. The lowest BCUT2D eigenvalue weighted by Crippen LogP contribution is -2.26. The van der Waals surface area contributed by atoms with Gasteiger partial charge in [0, 0.05) is 0 Å². The van der Waals surface area contributed by atoms with E-state index in [1.165, 1.54) is 45.6 Å². The first-order chi connectivity index (χ1) is 12.9. The minimum absolute atomic E-state index is 0.0229. The zero-order valence-electron chi connectivity index (χ0n) is 18.8. The quantitative estimate of drug-likeness (QED) is 0.467. The molecule has 1 rings (SSSR count). The highest BCUT2D eigenvalue weighted by Crippen LogP contribution is 2.47. The van der Waals surface area contributed by atoms with Gasteiger partial charge in [-0.15, -0.1) is 0 Å². The molecule has 1 fully saturated rings. The van der Waals surface area contributed by atoms with Crippen LogP contribution in [0.25, 0.3) is 0 Å². The van der Waals surface area contributed by atoms with Gasteiger partial charge in [0.25, 0.3) is 0 Å². The highest BCUT2D eigenvalue weighted by molar-refractivity contribution is 5.72. The normalized spacial score (nSPS) is 22.1. The van der Waals surface area contributed by atoms with E-state index in [1.54, 1.807) is 0 Å². The number of methoxy groups -OCH3 is 1. The molecular weight excluding hydrogens is 342 g/mol. The van der Waals surface area contributed by atoms with E-state index in [0.29, 0.717) is 0 Å². The van der Waals surface area contributed by atoms with Crippen LogP contribution in [-0.4, -0.2) is 24.3 Å². The maximum absolute atomic E-state index is 11.9. The average Bonchev–Trinajstić information content (AvgIpc) is 3.09. The molecule has 1 saturated carbocycles. The molecule has 0 aromatic heterocycles. The number of rotatable bonds is 9. The summed E-state index contributed by atoms with van der Waals surface area (Å²) in [6, 6.07) is 0. The van der Waals surface area contributed by atoms with Crippen LogP contribution in [-0.2, 0) is 9.53 Å². The molecule has 0 bridgehead atoms. The number of primary amides is 1. The number of carbonyl (C=O) groups is 2. The van der Waals surface area contributed by atoms with Crippen LogP contribution in [0.5, 0.6) is 0 Å². The van der Waals surface area contributed by atoms with E-state index in [1.807, 2.05) is 13.8 Å². The van der Waals surface area contributed by atoms with Gasteiger partial charge in [-0.2, -0.15) is 0 Å². The van der Waals surface area contributed by atoms with Crippen molar-refractivity contribution in [2.45, 2.75) is 92.9 Å². The third-order valence-corrected chi connectivity index (χ3v) is 5.90. The predicted octanol–water partition coefficient (Wildman–Crippen LogP) is 6.10. The SMILES string of the molecule is CC.CCCCC(C(CC)CC)C1CC(C(=O)OC)C[C@H]1CC.NC(=O)O. The molecule has 0 spiro atoms. The van der Waals surface area contributed by atoms with Crippen molar-refractivity contribution in [2.75, 3.05) is 7.11 Å². The number of unbranched alkanes of at least 4 members (excludes halogenated alkanes) is 1. The monoisotopic (exact) mass is 387 g/mol. The lowest BCUT2D eigenvalue weighted by atomic mass is 9.71. The van der Waals surface area contributed by atoms with Crippen LogP contribution in [0.2, 0.25) is 0 Å². The number of nitrogens with two attached hydrogens (primary N) is 1. The Labute approximate surface area is 167 Å². The maximum Gasteiger partial charge on any atom is 0.402 e. The molecule has 3 N–H and O–H groups in total. The first-order valence-electron chi connectivity index (χ1n) is 10.9. The van der Waals surface area contributed by atoms with Gasteiger partial charge in [0.1, 0.15) is 0 Å². The summed E-state index contributed by atoms with van der Waals surface area (Å²) in [6.07, 6.45) is 8.50. The van der Waals surface area contributed by atoms with E-state index in [4.69, 9.17) is 14.6 Å². The van der Waals surface area contributed by atoms with Gasteiger partial charge in [-0.05, 0) is 42.9 Å². The fourth-order valence-electron chi connectivity index (χ4n) is 4.64. The van der Waals surface area contributed by atoms with E-state index in [2.05, 4.69) is 33.4 Å². The number of amides is 1. The van der Waals surface area contributed by atoms with Crippen molar-refractivity contribution in [3.8, 4) is 0 Å². The second-order valence-electron chi connectivity index (χ2n) is 7.24. The summed E-state index contributed by atoms with van der Waals surface area (Å²) in [5.74, 6) is 3.26. The minimum Gasteiger partial charge on any atom is -0.469 e. The number of carboxylic acid groups (broad SMARTS) is 1. The number of ether oxygens (including phenoxy) is 1. The van der Waals surface area contributed by atoms with E-state index in [9.17, 15) is 4.79 Å². The van der Waals surface area contributed by atoms with Crippen LogP contribution in [0.4, 0.5) is 4.79 Å². The molecular formula is C22H45NO4. The van der Waals surface area contributed by atoms with Crippen LogP contribution in [0.3, 0.4) is 0 Å². The molecule has 0 saturated heterocycles. The Morgan fingerprint density at radius 3 is 2.00 bits per heavy atom. The van der Waals surface area contributed by atoms with Gasteiger partial charge in [0.15, 0.2) is 0 Å². The van der Waals surface area contributed by atoms with Crippen LogP contribution < -0.4 is 5.73 Å². The van der Waals surface area contributed by atoms with Crippen molar-refractivity contribution in [1.82, 2.24) is 0 Å². The van der Waals surface area contributed by atoms with Gasteiger partial charge in [0.05, 0.1) is 13.0 Å². The molecule has 1 aliphatic rings. The second-order valence-corrected chi connectivity index (χ2v) is 7.24. The smallest absolute Gasteiger partial charge is 0.402 e. The first-order valence-corrected chi connectivity index (χ1v) is 10.9. The van der Waals surface area contributed by atoms with E-state index in [-0.39, 0.29) is 11.9 Å². The highest BCUT2D eigenvalue weighted by atomic mass is 16.5. The summed E-state index contributed by atoms with van der Waals surface area (Å²) in [5, 5.41) is 7.19. The molecule has 3 unspecified atom stereocenters. The van der Waals surface area contributed by atoms with Crippen molar-refractivity contribution in [3.05, 3.63) is 0 Å². The van der Waals surface area contributed by atoms with Gasteiger partial charge < -0.3 is 15.6 Å². The molecule has 0 aliphatic heterocycles. The first kappa shape index (κ1) is 28.0. The van der Waals surface area contributed by atoms with E-state index >= 15 is 0 Å². The number of esters is 1. The molecule has 5 heteroatoms. The fraction of sp³-hybridized carbons (Fsp3) is 0.909. The van der Waals surface area contributed by atoms with Crippen molar-refractivity contribution in [1.29, 1.82) is 0 Å². The van der Waals surface area contributed by atoms with Gasteiger partial charge in [-0.1, -0.05) is 73.6 Å². The second kappa shape index (κ2) is 16.9. The molecule has 0 aromatic rings. The fourth-order valence-corrected chi connectivity index (χ4v) is 4.64. The number of hydrogen-bond donors (Lipinski definition) is 2. The molecule has 0 aromatic carbocycles. The standard InChI is InChI=1S/C19H36O2.C2H6.CH3NO2/c1-6-10-11-17(14(7-2)8-3)18-13-16(19(20)21-5)12-15(18)9-4;1-2;2-1(3)4/h14-18H,6-13H2,1-5H3;1-2H3;2H2,(H,3,4)/t15-,16?,17?,18?;;/m1../s1. The Hall–Kier alpha value is -1.26. The maximum atomic E-state index is 11.9. The zero-order valence-corrected chi connectivity index (χ0v) is 18.8. The Morgan fingerprint density at radius 2 is 1.63 bits per heavy atom. The molecule has 1 aliphatic carbocycles. The van der Waals surface area contributed by atoms with Crippen LogP contribution >= 0.6 is 0 Å². The summed E-state index contributed by atoms with van der Waals surface area (Å²) < 4.78 is 5.01. The Morgan fingerprint density at radius 1 is 1.11 bits per heavy atom. The van der Waals surface area contributed by atoms with Gasteiger partial charge in [0.2, 0.25) is 0 Å². The molecule has 27 heavy (non-hydrogen) atoms. The third kappa shape index (κ3) is 10.6. The van der Waals surface area contributed by atoms with Gasteiger partial charge in [-0.3, -0.25) is 4.79 Å². The van der Waals surface area contributed by atoms with Crippen molar-refractivity contribution in [3.63, 3.8) is 0 Å². The minimum atomic E-state index is -1.33. The summed E-state index contributed by atoms with van der Waals surface area (Å²) >= 11 is 0. The molecule has 5 nitrogen and oxygen atoms in total. The van der Waals surface area contributed by atoms with Crippen LogP contribution in [0.15, 0.2) is 0 Å². The summed E-state index contributed by atoms with van der Waals surface area (Å²) in [7, 11) is 1.53. The summed E-state index contributed by atoms with van der Waals surface area (Å²) in [5.41, 5.74) is 4.03. The molecule has 162 valence electrons. The summed E-state index contributed by atoms with van der Waals surface area (Å²) in [6.45, 7) is 13.2. The van der Waals surface area contributed by atoms with Crippen LogP contribution in [0, 0.1) is 29.6 Å². The van der Waals surface area contributed by atoms with Crippen LogP contribution in [0.1, 0.15) is 92.9 Å². The lowest BCUT2D eigenvalue weighted by molar-refractivity contribution is -0.145. The Bertz CT molecular complexity index is 379. The van der Waals surface area contributed by atoms with Crippen molar-refractivity contribution < 1.29 is 19.4 Å². The highest BCUT2D eigenvalue weighted by Gasteiger charge is 2.42. The van der Waals surface area contributed by atoms with Gasteiger partial charge >= 0.3 is 12.1 Å². The largest absolute Gasteiger partial charge is 0.469 e. The van der Waals surface area contributed by atoms with Crippen molar-refractivity contribution in [2.24, 2.45) is 35.3 Å². The number of hydrogen-bond acceptors (Lipinski definition) is 3. The number of carbonyl (C=O) groups excluding carboxylic acids is 1. The molecule has 4 atom stereocenters. The van der Waals surface area contributed by atoms with Gasteiger partial charge in [-0.25, -0.2) is 4.79 Å². The molecule has 1 amide bonds. The topological polar surface area (TPSA) is 89.6 Å². The third-order valence-electron chi connectivity index (χ3n) is 5.90. The molecule has 0 radical (unpaired) electrons. The lowest BCUT2D eigenvalue weighted by Gasteiger charge is -2.34. The Kier molecular flexibility index (Phi) is 17.5. The van der Waals surface area contributed by atoms with Crippen molar-refractivity contribution >= 4 is 12.1 Å². The average molecular weight is 388 g/mol. The zero-order chi connectivity index (χ0) is 21.4. The van der Waals surface area contributed by atoms with E-state index < -0.39 is 6.09 Å². The summed E-state index contributed by atoms with van der Waals surface area (Å²) in [4.78, 5) is 20.7. The van der Waals surface area contributed by atoms with E-state index in [0.717, 1.165) is 36.5 Å². The Balaban J connectivity index is 0. The molecule has 0 heterocycles.